The van der Waals surface area contributed by atoms with E-state index in [1.807, 2.05) is 24.3 Å². The molecule has 0 unspecified atom stereocenters. The summed E-state index contributed by atoms with van der Waals surface area (Å²) in [5, 5.41) is 3.63. The van der Waals surface area contributed by atoms with Crippen molar-refractivity contribution in [3.8, 4) is 0 Å². The zero-order valence-corrected chi connectivity index (χ0v) is 14.2. The monoisotopic (exact) mass is 335 g/mol. The molecule has 0 spiro atoms. The van der Waals surface area contributed by atoms with E-state index in [9.17, 15) is 9.59 Å². The standard InChI is InChI=1S/C16H21N3O3S/c1-19(11-14(20)17-9-10-22-2)16(21)8-7-15-18-12-5-3-4-6-13(12)23-15/h3-6H,7-11H2,1-2H3,(H,17,20). The number of carbonyl (C=O) groups is 2. The third-order valence-corrected chi connectivity index (χ3v) is 4.42. The Morgan fingerprint density at radius 2 is 2.13 bits per heavy atom. The Morgan fingerprint density at radius 3 is 2.87 bits per heavy atom. The molecule has 7 heteroatoms. The second-order valence-electron chi connectivity index (χ2n) is 5.17. The summed E-state index contributed by atoms with van der Waals surface area (Å²) < 4.78 is 5.98. The molecule has 0 aliphatic carbocycles. The minimum absolute atomic E-state index is 0.0579. The molecule has 124 valence electrons. The van der Waals surface area contributed by atoms with Gasteiger partial charge in [0.15, 0.2) is 0 Å². The molecule has 1 aromatic carbocycles. The lowest BCUT2D eigenvalue weighted by Gasteiger charge is -2.16. The number of benzene rings is 1. The number of nitrogens with zero attached hydrogens (tertiary/aromatic N) is 2. The molecular weight excluding hydrogens is 314 g/mol. The van der Waals surface area contributed by atoms with Crippen molar-refractivity contribution < 1.29 is 14.3 Å². The molecule has 0 aliphatic heterocycles. The second kappa shape index (κ2) is 8.59. The Bertz CT molecular complexity index is 638. The summed E-state index contributed by atoms with van der Waals surface area (Å²) in [6.45, 7) is 0.965. The fourth-order valence-corrected chi connectivity index (χ4v) is 3.05. The van der Waals surface area contributed by atoms with Crippen molar-refractivity contribution >= 4 is 33.4 Å². The molecule has 0 aliphatic rings. The van der Waals surface area contributed by atoms with E-state index in [-0.39, 0.29) is 18.4 Å². The Balaban J connectivity index is 1.78. The lowest BCUT2D eigenvalue weighted by Crippen LogP contribution is -2.39. The number of nitrogens with one attached hydrogen (secondary N) is 1. The molecule has 0 atom stereocenters. The minimum atomic E-state index is -0.183. The second-order valence-corrected chi connectivity index (χ2v) is 6.28. The van der Waals surface area contributed by atoms with E-state index >= 15 is 0 Å². The maximum Gasteiger partial charge on any atom is 0.239 e. The van der Waals surface area contributed by atoms with Crippen molar-refractivity contribution in [3.05, 3.63) is 29.3 Å². The van der Waals surface area contributed by atoms with Crippen molar-refractivity contribution in [2.24, 2.45) is 0 Å². The summed E-state index contributed by atoms with van der Waals surface area (Å²) in [6, 6.07) is 7.92. The normalized spacial score (nSPS) is 10.7. The Hall–Kier alpha value is -1.99. The van der Waals surface area contributed by atoms with Gasteiger partial charge in [0, 0.05) is 33.5 Å². The number of rotatable bonds is 8. The quantitative estimate of drug-likeness (QED) is 0.741. The number of hydrogen-bond donors (Lipinski definition) is 1. The number of ether oxygens (including phenoxy) is 1. The highest BCUT2D eigenvalue weighted by molar-refractivity contribution is 7.18. The highest BCUT2D eigenvalue weighted by Crippen LogP contribution is 2.22. The van der Waals surface area contributed by atoms with Gasteiger partial charge in [0.05, 0.1) is 28.4 Å². The maximum absolute atomic E-state index is 12.1. The van der Waals surface area contributed by atoms with Gasteiger partial charge in [-0.25, -0.2) is 4.98 Å². The smallest absolute Gasteiger partial charge is 0.239 e. The fourth-order valence-electron chi connectivity index (χ4n) is 2.08. The molecule has 23 heavy (non-hydrogen) atoms. The van der Waals surface area contributed by atoms with Crippen LogP contribution in [0.1, 0.15) is 11.4 Å². The average Bonchev–Trinajstić information content (AvgIpc) is 2.95. The van der Waals surface area contributed by atoms with Gasteiger partial charge in [-0.3, -0.25) is 9.59 Å². The van der Waals surface area contributed by atoms with E-state index in [2.05, 4.69) is 10.3 Å². The van der Waals surface area contributed by atoms with Crippen LogP contribution in [-0.2, 0) is 20.7 Å². The molecule has 1 heterocycles. The first-order chi connectivity index (χ1) is 11.1. The number of thiazole rings is 1. The van der Waals surface area contributed by atoms with Crippen LogP contribution in [0, 0.1) is 0 Å². The molecule has 2 rings (SSSR count). The number of fused-ring (bicyclic) bond motifs is 1. The van der Waals surface area contributed by atoms with Crippen molar-refractivity contribution in [3.63, 3.8) is 0 Å². The number of hydrogen-bond acceptors (Lipinski definition) is 5. The van der Waals surface area contributed by atoms with Gasteiger partial charge in [-0.1, -0.05) is 12.1 Å². The molecule has 1 N–H and O–H groups in total. The predicted octanol–water partition coefficient (Wildman–Crippen LogP) is 1.45. The molecule has 2 aromatic rings. The van der Waals surface area contributed by atoms with Crippen LogP contribution in [0.25, 0.3) is 10.2 Å². The number of methoxy groups -OCH3 is 1. The molecule has 0 bridgehead atoms. The first kappa shape index (κ1) is 17.4. The predicted molar refractivity (Wildman–Crippen MR) is 90.5 cm³/mol. The summed E-state index contributed by atoms with van der Waals surface area (Å²) in [4.78, 5) is 29.7. The van der Waals surface area contributed by atoms with Crippen LogP contribution < -0.4 is 5.32 Å². The molecule has 0 radical (unpaired) electrons. The largest absolute Gasteiger partial charge is 0.383 e. The topological polar surface area (TPSA) is 71.5 Å². The van der Waals surface area contributed by atoms with Gasteiger partial charge in [-0.05, 0) is 12.1 Å². The van der Waals surface area contributed by atoms with Crippen LogP contribution in [0.2, 0.25) is 0 Å². The fraction of sp³-hybridized carbons (Fsp3) is 0.438. The molecule has 6 nitrogen and oxygen atoms in total. The van der Waals surface area contributed by atoms with Gasteiger partial charge in [0.25, 0.3) is 0 Å². The van der Waals surface area contributed by atoms with E-state index in [0.29, 0.717) is 26.0 Å². The number of aromatic nitrogens is 1. The Labute approximate surface area is 139 Å². The molecular formula is C16H21N3O3S. The van der Waals surface area contributed by atoms with E-state index in [1.54, 1.807) is 25.5 Å². The molecule has 2 amide bonds. The van der Waals surface area contributed by atoms with E-state index in [0.717, 1.165) is 15.2 Å². The average molecular weight is 335 g/mol. The maximum atomic E-state index is 12.1. The van der Waals surface area contributed by atoms with Gasteiger partial charge < -0.3 is 15.0 Å². The van der Waals surface area contributed by atoms with Gasteiger partial charge in [-0.2, -0.15) is 0 Å². The van der Waals surface area contributed by atoms with Crippen LogP contribution in [-0.4, -0.2) is 55.6 Å². The lowest BCUT2D eigenvalue weighted by molar-refractivity contribution is -0.134. The zero-order valence-electron chi connectivity index (χ0n) is 13.4. The van der Waals surface area contributed by atoms with Gasteiger partial charge >= 0.3 is 0 Å². The highest BCUT2D eigenvalue weighted by Gasteiger charge is 2.13. The molecule has 0 saturated carbocycles. The van der Waals surface area contributed by atoms with Gasteiger partial charge in [-0.15, -0.1) is 11.3 Å². The minimum Gasteiger partial charge on any atom is -0.383 e. The van der Waals surface area contributed by atoms with Crippen molar-refractivity contribution in [2.45, 2.75) is 12.8 Å². The molecule has 1 aromatic heterocycles. The van der Waals surface area contributed by atoms with Crippen LogP contribution in [0.15, 0.2) is 24.3 Å². The third kappa shape index (κ3) is 5.30. The third-order valence-electron chi connectivity index (χ3n) is 3.33. The first-order valence-electron chi connectivity index (χ1n) is 7.44. The highest BCUT2D eigenvalue weighted by atomic mass is 32.1. The van der Waals surface area contributed by atoms with Crippen molar-refractivity contribution in [2.75, 3.05) is 33.9 Å². The first-order valence-corrected chi connectivity index (χ1v) is 8.26. The number of aryl methyl sites for hydroxylation is 1. The lowest BCUT2D eigenvalue weighted by atomic mass is 10.3. The van der Waals surface area contributed by atoms with Crippen LogP contribution in [0.5, 0.6) is 0 Å². The summed E-state index contributed by atoms with van der Waals surface area (Å²) in [6.07, 6.45) is 0.940. The zero-order chi connectivity index (χ0) is 16.7. The van der Waals surface area contributed by atoms with Crippen LogP contribution in [0.3, 0.4) is 0 Å². The SMILES string of the molecule is COCCNC(=O)CN(C)C(=O)CCc1nc2ccccc2s1. The number of para-hydroxylation sites is 1. The van der Waals surface area contributed by atoms with E-state index < -0.39 is 0 Å². The van der Waals surface area contributed by atoms with E-state index in [1.165, 1.54) is 4.90 Å². The number of likely N-dealkylation sites (N-methyl/N-ethyl adjacent to an activating group) is 1. The molecule has 0 fully saturated rings. The number of amides is 2. The van der Waals surface area contributed by atoms with Crippen LogP contribution in [0.4, 0.5) is 0 Å². The summed E-state index contributed by atoms with van der Waals surface area (Å²) >= 11 is 1.60. The summed E-state index contributed by atoms with van der Waals surface area (Å²) in [7, 11) is 3.21. The number of carbonyl (C=O) groups excluding carboxylic acids is 2. The van der Waals surface area contributed by atoms with Gasteiger partial charge in [0.2, 0.25) is 11.8 Å². The summed E-state index contributed by atoms with van der Waals surface area (Å²) in [5.41, 5.74) is 0.964. The molecule has 0 saturated heterocycles. The Morgan fingerprint density at radius 1 is 1.35 bits per heavy atom. The van der Waals surface area contributed by atoms with Crippen molar-refractivity contribution in [1.82, 2.24) is 15.2 Å². The van der Waals surface area contributed by atoms with Gasteiger partial charge in [0.1, 0.15) is 0 Å². The van der Waals surface area contributed by atoms with Crippen molar-refractivity contribution in [1.29, 1.82) is 0 Å². The van der Waals surface area contributed by atoms with Crippen LogP contribution >= 0.6 is 11.3 Å². The van der Waals surface area contributed by atoms with E-state index in [4.69, 9.17) is 4.74 Å². The Kier molecular flexibility index (Phi) is 6.49. The summed E-state index contributed by atoms with van der Waals surface area (Å²) in [5.74, 6) is -0.246.